The highest BCUT2D eigenvalue weighted by Crippen LogP contribution is 2.28. The molecule has 0 atom stereocenters. The van der Waals surface area contributed by atoms with Crippen molar-refractivity contribution in [2.45, 2.75) is 51.6 Å². The van der Waals surface area contributed by atoms with E-state index in [-0.39, 0.29) is 24.7 Å². The molecule has 0 unspecified atom stereocenters. The molecule has 32 heavy (non-hydrogen) atoms. The molecular formula is C22H24F3N5OS. The zero-order valence-electron chi connectivity index (χ0n) is 17.7. The van der Waals surface area contributed by atoms with Gasteiger partial charge in [0.15, 0.2) is 0 Å². The first kappa shape index (κ1) is 22.6. The lowest BCUT2D eigenvalue weighted by molar-refractivity contribution is -0.136. The number of nitrogens with zero attached hydrogens (tertiary/aromatic N) is 5. The van der Waals surface area contributed by atoms with Gasteiger partial charge in [0.2, 0.25) is 5.91 Å². The Hall–Kier alpha value is -2.62. The highest BCUT2D eigenvalue weighted by atomic mass is 32.1. The van der Waals surface area contributed by atoms with Crippen molar-refractivity contribution in [3.63, 3.8) is 0 Å². The average Bonchev–Trinajstić information content (AvgIpc) is 3.19. The summed E-state index contributed by atoms with van der Waals surface area (Å²) in [7, 11) is 0. The zero-order valence-corrected chi connectivity index (χ0v) is 18.5. The first-order valence-corrected chi connectivity index (χ1v) is 11.5. The van der Waals surface area contributed by atoms with Gasteiger partial charge in [-0.3, -0.25) is 4.79 Å². The molecule has 1 saturated heterocycles. The first-order valence-electron chi connectivity index (χ1n) is 10.7. The molecule has 0 spiro atoms. The minimum atomic E-state index is -4.09. The number of carbonyl (C=O) groups is 1. The summed E-state index contributed by atoms with van der Waals surface area (Å²) >= 11 is 1.51. The average molecular weight is 464 g/mol. The standard InChI is InChI=1S/C22H24F3N5OS/c1-14-26-29-21(32-14)16-4-5-19-17(11-16)12-18(27-28-19)13-20(31)30-9-6-15(7-10-30)3-2-8-22(23,24)25/h4-5,11-12,15H,2-3,6-10,13H2,1H3. The lowest BCUT2D eigenvalue weighted by Crippen LogP contribution is -2.39. The van der Waals surface area contributed by atoms with Crippen molar-refractivity contribution < 1.29 is 18.0 Å². The van der Waals surface area contributed by atoms with E-state index in [2.05, 4.69) is 20.4 Å². The molecule has 4 rings (SSSR count). The summed E-state index contributed by atoms with van der Waals surface area (Å²) in [6.07, 6.45) is -2.44. The number of halogens is 3. The van der Waals surface area contributed by atoms with Gasteiger partial charge in [0.05, 0.1) is 17.6 Å². The third kappa shape index (κ3) is 5.79. The van der Waals surface area contributed by atoms with Crippen LogP contribution in [-0.4, -0.2) is 50.5 Å². The zero-order chi connectivity index (χ0) is 22.7. The number of hydrogen-bond acceptors (Lipinski definition) is 6. The number of piperidine rings is 1. The fourth-order valence-corrected chi connectivity index (χ4v) is 4.74. The molecular weight excluding hydrogens is 439 g/mol. The van der Waals surface area contributed by atoms with Crippen LogP contribution in [0.25, 0.3) is 21.5 Å². The van der Waals surface area contributed by atoms with Gasteiger partial charge in [-0.25, -0.2) is 0 Å². The predicted molar refractivity (Wildman–Crippen MR) is 116 cm³/mol. The monoisotopic (exact) mass is 463 g/mol. The van der Waals surface area contributed by atoms with Crippen LogP contribution in [-0.2, 0) is 11.2 Å². The Kier molecular flexibility index (Phi) is 6.68. The number of fused-ring (bicyclic) bond motifs is 1. The third-order valence-electron chi connectivity index (χ3n) is 5.78. The van der Waals surface area contributed by atoms with E-state index in [0.29, 0.717) is 25.2 Å². The van der Waals surface area contributed by atoms with Crippen molar-refractivity contribution >= 4 is 28.1 Å². The maximum atomic E-state index is 12.7. The van der Waals surface area contributed by atoms with Gasteiger partial charge < -0.3 is 4.90 Å². The van der Waals surface area contributed by atoms with Crippen LogP contribution >= 0.6 is 11.3 Å². The van der Waals surface area contributed by atoms with Gasteiger partial charge in [0.25, 0.3) is 0 Å². The number of amides is 1. The second kappa shape index (κ2) is 9.48. The SMILES string of the molecule is Cc1nnc(-c2ccc3nnc(CC(=O)N4CCC(CCCC(F)(F)F)CC4)cc3c2)s1. The number of rotatable bonds is 6. The van der Waals surface area contributed by atoms with E-state index in [9.17, 15) is 18.0 Å². The smallest absolute Gasteiger partial charge is 0.342 e. The number of benzene rings is 1. The summed E-state index contributed by atoms with van der Waals surface area (Å²) in [6.45, 7) is 3.07. The van der Waals surface area contributed by atoms with Crippen molar-refractivity contribution in [2.24, 2.45) is 5.92 Å². The van der Waals surface area contributed by atoms with E-state index in [1.165, 1.54) is 11.3 Å². The molecule has 0 bridgehead atoms. The topological polar surface area (TPSA) is 71.9 Å². The Morgan fingerprint density at radius 2 is 1.91 bits per heavy atom. The van der Waals surface area contributed by atoms with Crippen molar-refractivity contribution in [3.05, 3.63) is 35.0 Å². The summed E-state index contributed by atoms with van der Waals surface area (Å²) < 4.78 is 37.0. The van der Waals surface area contributed by atoms with E-state index >= 15 is 0 Å². The Labute approximate surface area is 187 Å². The Morgan fingerprint density at radius 1 is 1.12 bits per heavy atom. The van der Waals surface area contributed by atoms with E-state index in [0.717, 1.165) is 39.3 Å². The summed E-state index contributed by atoms with van der Waals surface area (Å²) in [6, 6.07) is 7.66. The van der Waals surface area contributed by atoms with Crippen LogP contribution in [0.2, 0.25) is 0 Å². The molecule has 1 aliphatic rings. The Morgan fingerprint density at radius 3 is 2.59 bits per heavy atom. The normalized spacial score (nSPS) is 15.4. The summed E-state index contributed by atoms with van der Waals surface area (Å²) in [4.78, 5) is 14.5. The number of likely N-dealkylation sites (tertiary alicyclic amines) is 1. The number of alkyl halides is 3. The molecule has 3 aromatic rings. The van der Waals surface area contributed by atoms with Crippen LogP contribution in [0.4, 0.5) is 13.2 Å². The lowest BCUT2D eigenvalue weighted by Gasteiger charge is -2.32. The quantitative estimate of drug-likeness (QED) is 0.516. The van der Waals surface area contributed by atoms with Crippen molar-refractivity contribution in [3.8, 4) is 10.6 Å². The summed E-state index contributed by atoms with van der Waals surface area (Å²) in [5.74, 6) is 0.229. The minimum Gasteiger partial charge on any atom is -0.342 e. The van der Waals surface area contributed by atoms with Crippen molar-refractivity contribution in [1.82, 2.24) is 25.3 Å². The Bertz CT molecular complexity index is 1090. The van der Waals surface area contributed by atoms with Gasteiger partial charge in [-0.2, -0.15) is 23.4 Å². The van der Waals surface area contributed by atoms with Gasteiger partial charge >= 0.3 is 6.18 Å². The third-order valence-corrected chi connectivity index (χ3v) is 6.67. The molecule has 170 valence electrons. The predicted octanol–water partition coefficient (Wildman–Crippen LogP) is 4.97. The maximum Gasteiger partial charge on any atom is 0.389 e. The van der Waals surface area contributed by atoms with Crippen LogP contribution in [0.5, 0.6) is 0 Å². The molecule has 0 radical (unpaired) electrons. The second-order valence-corrected chi connectivity index (χ2v) is 9.43. The van der Waals surface area contributed by atoms with Crippen LogP contribution < -0.4 is 0 Å². The molecule has 3 heterocycles. The van der Waals surface area contributed by atoms with E-state index in [1.54, 1.807) is 4.90 Å². The van der Waals surface area contributed by atoms with Crippen molar-refractivity contribution in [2.75, 3.05) is 13.1 Å². The highest BCUT2D eigenvalue weighted by Gasteiger charge is 2.28. The molecule has 2 aromatic heterocycles. The van der Waals surface area contributed by atoms with Gasteiger partial charge in [0.1, 0.15) is 10.0 Å². The molecule has 0 saturated carbocycles. The van der Waals surface area contributed by atoms with Gasteiger partial charge in [-0.15, -0.1) is 10.2 Å². The minimum absolute atomic E-state index is 0.0247. The van der Waals surface area contributed by atoms with Gasteiger partial charge in [0, 0.05) is 30.5 Å². The van der Waals surface area contributed by atoms with Crippen molar-refractivity contribution in [1.29, 1.82) is 0 Å². The van der Waals surface area contributed by atoms with E-state index in [1.807, 2.05) is 31.2 Å². The molecule has 10 heteroatoms. The van der Waals surface area contributed by atoms with E-state index in [4.69, 9.17) is 0 Å². The summed E-state index contributed by atoms with van der Waals surface area (Å²) in [5.41, 5.74) is 2.28. The molecule has 1 fully saturated rings. The van der Waals surface area contributed by atoms with E-state index < -0.39 is 12.6 Å². The van der Waals surface area contributed by atoms with Gasteiger partial charge in [-0.1, -0.05) is 11.3 Å². The fraction of sp³-hybridized carbons (Fsp3) is 0.500. The molecule has 0 aliphatic carbocycles. The molecule has 1 amide bonds. The van der Waals surface area contributed by atoms with Crippen LogP contribution in [0.3, 0.4) is 0 Å². The van der Waals surface area contributed by atoms with Gasteiger partial charge in [-0.05, 0) is 62.8 Å². The fourth-order valence-electron chi connectivity index (χ4n) is 4.05. The molecule has 1 aromatic carbocycles. The van der Waals surface area contributed by atoms with Crippen LogP contribution in [0.1, 0.15) is 42.8 Å². The molecule has 6 nitrogen and oxygen atoms in total. The Balaban J connectivity index is 1.34. The highest BCUT2D eigenvalue weighted by molar-refractivity contribution is 7.14. The number of hydrogen-bond donors (Lipinski definition) is 0. The van der Waals surface area contributed by atoms with Crippen LogP contribution in [0.15, 0.2) is 24.3 Å². The second-order valence-electron chi connectivity index (χ2n) is 8.24. The lowest BCUT2D eigenvalue weighted by atomic mass is 9.91. The number of carbonyl (C=O) groups excluding carboxylic acids is 1. The molecule has 0 N–H and O–H groups in total. The number of aromatic nitrogens is 4. The number of aryl methyl sites for hydroxylation is 1. The van der Waals surface area contributed by atoms with Crippen LogP contribution in [0, 0.1) is 12.8 Å². The summed E-state index contributed by atoms with van der Waals surface area (Å²) in [5, 5.41) is 19.3. The maximum absolute atomic E-state index is 12.7. The largest absolute Gasteiger partial charge is 0.389 e. The first-order chi connectivity index (χ1) is 15.3. The molecule has 1 aliphatic heterocycles.